The summed E-state index contributed by atoms with van der Waals surface area (Å²) < 4.78 is 0. The van der Waals surface area contributed by atoms with Crippen LogP contribution >= 0.6 is 0 Å². The van der Waals surface area contributed by atoms with Gasteiger partial charge in [-0.3, -0.25) is 0 Å². The van der Waals surface area contributed by atoms with E-state index in [1.54, 1.807) is 0 Å². The van der Waals surface area contributed by atoms with E-state index in [1.165, 1.54) is 0 Å². The maximum absolute atomic E-state index is 10.5. The number of nitrogens with one attached hydrogen (secondary N) is 3. The summed E-state index contributed by atoms with van der Waals surface area (Å²) in [4.78, 5) is 0. The first-order valence-electron chi connectivity index (χ1n) is 7.93. The normalized spacial score (nSPS) is 32.5. The maximum Gasteiger partial charge on any atom is 0.0897 e. The lowest BCUT2D eigenvalue weighted by atomic mass is 9.79. The van der Waals surface area contributed by atoms with Crippen molar-refractivity contribution < 1.29 is 15.3 Å². The zero-order chi connectivity index (χ0) is 17.9. The fourth-order valence-electron chi connectivity index (χ4n) is 2.88. The Labute approximate surface area is 141 Å². The smallest absolute Gasteiger partial charge is 0.0897 e. The Morgan fingerprint density at radius 2 is 0.833 bits per heavy atom. The SMILES string of the molecule is N#CCCNC1C(O)C(NCCC#N)C(O)C(NCCC#N)C1O. The molecule has 0 radical (unpaired) electrons. The van der Waals surface area contributed by atoms with Crippen molar-refractivity contribution in [3.8, 4) is 18.2 Å². The molecule has 24 heavy (non-hydrogen) atoms. The van der Waals surface area contributed by atoms with E-state index in [9.17, 15) is 15.3 Å². The minimum atomic E-state index is -1.10. The Kier molecular flexibility index (Phi) is 9.21. The van der Waals surface area contributed by atoms with Gasteiger partial charge in [0.2, 0.25) is 0 Å². The molecule has 1 rings (SSSR count). The van der Waals surface area contributed by atoms with Crippen molar-refractivity contribution >= 4 is 0 Å². The fraction of sp³-hybridized carbons (Fsp3) is 0.800. The Morgan fingerprint density at radius 3 is 1.04 bits per heavy atom. The number of nitriles is 3. The summed E-state index contributed by atoms with van der Waals surface area (Å²) in [6.45, 7) is 0.879. The summed E-state index contributed by atoms with van der Waals surface area (Å²) in [5, 5.41) is 66.1. The van der Waals surface area contributed by atoms with E-state index < -0.39 is 36.4 Å². The number of aliphatic hydroxyl groups excluding tert-OH is 3. The molecule has 0 aromatic heterocycles. The minimum Gasteiger partial charge on any atom is -0.390 e. The van der Waals surface area contributed by atoms with Gasteiger partial charge >= 0.3 is 0 Å². The molecule has 0 aromatic carbocycles. The van der Waals surface area contributed by atoms with Crippen molar-refractivity contribution in [2.45, 2.75) is 55.7 Å². The summed E-state index contributed by atoms with van der Waals surface area (Å²) >= 11 is 0. The molecule has 0 heterocycles. The van der Waals surface area contributed by atoms with Crippen LogP contribution in [0.5, 0.6) is 0 Å². The highest BCUT2D eigenvalue weighted by atomic mass is 16.3. The molecule has 0 amide bonds. The van der Waals surface area contributed by atoms with Gasteiger partial charge in [0.25, 0.3) is 0 Å². The molecule has 0 spiro atoms. The van der Waals surface area contributed by atoms with Crippen molar-refractivity contribution in [3.63, 3.8) is 0 Å². The predicted octanol–water partition coefficient (Wildman–Crippen LogP) is -2.30. The molecular formula is C15H24N6O3. The van der Waals surface area contributed by atoms with E-state index in [1.807, 2.05) is 18.2 Å². The van der Waals surface area contributed by atoms with Crippen LogP contribution in [-0.2, 0) is 0 Å². The fourth-order valence-corrected chi connectivity index (χ4v) is 2.88. The van der Waals surface area contributed by atoms with Gasteiger partial charge in [-0.25, -0.2) is 0 Å². The van der Waals surface area contributed by atoms with Gasteiger partial charge < -0.3 is 31.3 Å². The second-order valence-corrected chi connectivity index (χ2v) is 5.64. The van der Waals surface area contributed by atoms with Crippen LogP contribution in [0.4, 0.5) is 0 Å². The first kappa shape index (κ1) is 20.3. The third kappa shape index (κ3) is 5.40. The third-order valence-corrected chi connectivity index (χ3v) is 4.06. The molecule has 0 atom stereocenters. The number of aliphatic hydroxyl groups is 3. The Morgan fingerprint density at radius 1 is 0.583 bits per heavy atom. The molecule has 0 aliphatic heterocycles. The molecule has 6 N–H and O–H groups in total. The van der Waals surface area contributed by atoms with E-state index in [2.05, 4.69) is 16.0 Å². The minimum absolute atomic E-state index is 0.220. The average Bonchev–Trinajstić information content (AvgIpc) is 2.57. The van der Waals surface area contributed by atoms with Crippen LogP contribution in [0.15, 0.2) is 0 Å². The zero-order valence-electron chi connectivity index (χ0n) is 13.4. The van der Waals surface area contributed by atoms with Crippen LogP contribution in [0.3, 0.4) is 0 Å². The van der Waals surface area contributed by atoms with Gasteiger partial charge in [-0.2, -0.15) is 15.8 Å². The van der Waals surface area contributed by atoms with Gasteiger partial charge in [-0.05, 0) is 0 Å². The first-order valence-corrected chi connectivity index (χ1v) is 7.93. The summed E-state index contributed by atoms with van der Waals surface area (Å²) in [5.41, 5.74) is 0. The lowest BCUT2D eigenvalue weighted by Gasteiger charge is -2.47. The standard InChI is InChI=1S/C15H24N6O3/c16-4-1-7-19-10-13(22)11(20-8-2-5-17)15(24)12(14(10)23)21-9-3-6-18/h10-15,19-24H,1-3,7-9H2. The van der Waals surface area contributed by atoms with Crippen molar-refractivity contribution in [2.75, 3.05) is 19.6 Å². The van der Waals surface area contributed by atoms with Crippen LogP contribution in [0.2, 0.25) is 0 Å². The molecule has 1 fully saturated rings. The molecule has 1 saturated carbocycles. The molecule has 9 heteroatoms. The second kappa shape index (κ2) is 10.9. The van der Waals surface area contributed by atoms with Gasteiger partial charge in [0.1, 0.15) is 0 Å². The average molecular weight is 336 g/mol. The highest BCUT2D eigenvalue weighted by molar-refractivity contribution is 5.08. The first-order chi connectivity index (χ1) is 11.6. The molecule has 9 nitrogen and oxygen atoms in total. The summed E-state index contributed by atoms with van der Waals surface area (Å²) in [5.74, 6) is 0. The summed E-state index contributed by atoms with van der Waals surface area (Å²) in [6.07, 6.45) is -2.63. The van der Waals surface area contributed by atoms with Crippen molar-refractivity contribution in [1.82, 2.24) is 16.0 Å². The second-order valence-electron chi connectivity index (χ2n) is 5.64. The molecule has 1 aliphatic carbocycles. The van der Waals surface area contributed by atoms with Crippen molar-refractivity contribution in [1.29, 1.82) is 15.8 Å². The molecule has 0 saturated heterocycles. The van der Waals surface area contributed by atoms with Crippen LogP contribution in [0.25, 0.3) is 0 Å². The largest absolute Gasteiger partial charge is 0.390 e. The van der Waals surface area contributed by atoms with E-state index in [-0.39, 0.29) is 19.3 Å². The highest BCUT2D eigenvalue weighted by Crippen LogP contribution is 2.22. The molecule has 0 unspecified atom stereocenters. The quantitative estimate of drug-likeness (QED) is 0.253. The maximum atomic E-state index is 10.5. The van der Waals surface area contributed by atoms with E-state index in [4.69, 9.17) is 15.8 Å². The van der Waals surface area contributed by atoms with Crippen LogP contribution in [0.1, 0.15) is 19.3 Å². The third-order valence-electron chi connectivity index (χ3n) is 4.06. The zero-order valence-corrected chi connectivity index (χ0v) is 13.4. The van der Waals surface area contributed by atoms with Gasteiger partial charge in [0, 0.05) is 38.9 Å². The van der Waals surface area contributed by atoms with Gasteiger partial charge in [-0.1, -0.05) is 0 Å². The molecule has 1 aliphatic rings. The van der Waals surface area contributed by atoms with Gasteiger partial charge in [0.05, 0.1) is 54.6 Å². The summed E-state index contributed by atoms with van der Waals surface area (Å²) in [7, 11) is 0. The van der Waals surface area contributed by atoms with E-state index in [0.717, 1.165) is 0 Å². The topological polar surface area (TPSA) is 168 Å². The highest BCUT2D eigenvalue weighted by Gasteiger charge is 2.48. The van der Waals surface area contributed by atoms with Crippen LogP contribution in [0, 0.1) is 34.0 Å². The van der Waals surface area contributed by atoms with Gasteiger partial charge in [-0.15, -0.1) is 0 Å². The lowest BCUT2D eigenvalue weighted by molar-refractivity contribution is -0.0971. The van der Waals surface area contributed by atoms with E-state index >= 15 is 0 Å². The molecule has 0 aromatic rings. The number of nitrogens with zero attached hydrogens (tertiary/aromatic N) is 3. The number of hydrogen-bond acceptors (Lipinski definition) is 9. The monoisotopic (exact) mass is 336 g/mol. The molecule has 132 valence electrons. The lowest BCUT2D eigenvalue weighted by Crippen LogP contribution is -2.73. The predicted molar refractivity (Wildman–Crippen MR) is 84.1 cm³/mol. The van der Waals surface area contributed by atoms with E-state index in [0.29, 0.717) is 19.6 Å². The summed E-state index contributed by atoms with van der Waals surface area (Å²) in [6, 6.07) is 3.67. The van der Waals surface area contributed by atoms with Crippen molar-refractivity contribution in [2.24, 2.45) is 0 Å². The van der Waals surface area contributed by atoms with Gasteiger partial charge in [0.15, 0.2) is 0 Å². The Balaban J connectivity index is 2.83. The van der Waals surface area contributed by atoms with Crippen LogP contribution in [-0.4, -0.2) is 71.4 Å². The molecular weight excluding hydrogens is 312 g/mol. The van der Waals surface area contributed by atoms with Crippen LogP contribution < -0.4 is 16.0 Å². The van der Waals surface area contributed by atoms with Crippen molar-refractivity contribution in [3.05, 3.63) is 0 Å². The Hall–Kier alpha value is -1.77. The Bertz CT molecular complexity index is 414. The molecule has 0 bridgehead atoms. The number of rotatable bonds is 9. The number of hydrogen-bond donors (Lipinski definition) is 6.